The van der Waals surface area contributed by atoms with Crippen LogP contribution in [0.2, 0.25) is 0 Å². The molecule has 1 unspecified atom stereocenters. The molecule has 0 radical (unpaired) electrons. The molecule has 0 N–H and O–H groups in total. The van der Waals surface area contributed by atoms with E-state index in [0.717, 1.165) is 25.9 Å². The monoisotopic (exact) mass is 185 g/mol. The Balaban J connectivity index is 1.60. The van der Waals surface area contributed by atoms with E-state index in [1.54, 1.807) is 0 Å². The molecule has 1 saturated heterocycles. The van der Waals surface area contributed by atoms with E-state index in [9.17, 15) is 0 Å². The second-order valence-corrected chi connectivity index (χ2v) is 3.41. The Labute approximate surface area is 77.8 Å². The number of oxime groups is 1. The zero-order chi connectivity index (χ0) is 8.93. The maximum absolute atomic E-state index is 5.29. The molecule has 4 heteroatoms. The van der Waals surface area contributed by atoms with Crippen LogP contribution < -0.4 is 0 Å². The van der Waals surface area contributed by atoms with Gasteiger partial charge in [-0.1, -0.05) is 5.16 Å². The third-order valence-electron chi connectivity index (χ3n) is 2.36. The zero-order valence-electron chi connectivity index (χ0n) is 7.70. The summed E-state index contributed by atoms with van der Waals surface area (Å²) >= 11 is 0. The minimum atomic E-state index is 0.165. The summed E-state index contributed by atoms with van der Waals surface area (Å²) in [6.07, 6.45) is 4.54. The fourth-order valence-electron chi connectivity index (χ4n) is 1.27. The third kappa shape index (κ3) is 2.67. The molecular weight excluding hydrogens is 170 g/mol. The highest BCUT2D eigenvalue weighted by molar-refractivity contribution is 5.88. The van der Waals surface area contributed by atoms with Gasteiger partial charge in [-0.15, -0.1) is 0 Å². The maximum atomic E-state index is 5.29. The third-order valence-corrected chi connectivity index (χ3v) is 2.36. The van der Waals surface area contributed by atoms with Crippen LogP contribution in [0.3, 0.4) is 0 Å². The smallest absolute Gasteiger partial charge is 0.147 e. The minimum Gasteiger partial charge on any atom is -0.393 e. The fraction of sp³-hybridized carbons (Fsp3) is 0.889. The summed E-state index contributed by atoms with van der Waals surface area (Å²) in [5.41, 5.74) is 1.19. The standard InChI is InChI=1S/C9H15NO3/c1-2-8(3-1)10-13-6-9-4-5-11-7-12-9/h9H,1-7H2. The first-order valence-corrected chi connectivity index (χ1v) is 4.82. The van der Waals surface area contributed by atoms with Gasteiger partial charge < -0.3 is 14.3 Å². The molecule has 1 heterocycles. The molecule has 0 aromatic heterocycles. The summed E-state index contributed by atoms with van der Waals surface area (Å²) in [5, 5.41) is 4.02. The van der Waals surface area contributed by atoms with Crippen LogP contribution in [0.1, 0.15) is 25.7 Å². The molecule has 0 aromatic rings. The van der Waals surface area contributed by atoms with E-state index in [1.165, 1.54) is 12.1 Å². The molecule has 4 nitrogen and oxygen atoms in total. The molecule has 1 aliphatic carbocycles. The van der Waals surface area contributed by atoms with Gasteiger partial charge in [0, 0.05) is 6.42 Å². The maximum Gasteiger partial charge on any atom is 0.147 e. The summed E-state index contributed by atoms with van der Waals surface area (Å²) in [6, 6.07) is 0. The fourth-order valence-corrected chi connectivity index (χ4v) is 1.27. The number of rotatable bonds is 3. The summed E-state index contributed by atoms with van der Waals surface area (Å²) in [7, 11) is 0. The molecule has 1 saturated carbocycles. The lowest BCUT2D eigenvalue weighted by Gasteiger charge is -2.22. The molecule has 0 amide bonds. The molecule has 2 fully saturated rings. The van der Waals surface area contributed by atoms with Gasteiger partial charge in [-0.2, -0.15) is 0 Å². The second kappa shape index (κ2) is 4.58. The van der Waals surface area contributed by atoms with Gasteiger partial charge in [0.2, 0.25) is 0 Å². The van der Waals surface area contributed by atoms with E-state index in [1.807, 2.05) is 0 Å². The van der Waals surface area contributed by atoms with Crippen molar-refractivity contribution in [3.05, 3.63) is 0 Å². The van der Waals surface area contributed by atoms with Gasteiger partial charge in [0.1, 0.15) is 13.4 Å². The van der Waals surface area contributed by atoms with Crippen LogP contribution in [0.4, 0.5) is 0 Å². The summed E-state index contributed by atoms with van der Waals surface area (Å²) in [4.78, 5) is 5.18. The summed E-state index contributed by atoms with van der Waals surface area (Å²) in [6.45, 7) is 1.72. The van der Waals surface area contributed by atoms with Crippen molar-refractivity contribution in [2.24, 2.45) is 5.16 Å². The van der Waals surface area contributed by atoms with E-state index >= 15 is 0 Å². The van der Waals surface area contributed by atoms with Gasteiger partial charge in [0.25, 0.3) is 0 Å². The van der Waals surface area contributed by atoms with Crippen molar-refractivity contribution in [1.82, 2.24) is 0 Å². The number of hydrogen-bond acceptors (Lipinski definition) is 4. The van der Waals surface area contributed by atoms with Crippen LogP contribution in [-0.2, 0) is 14.3 Å². The molecule has 0 bridgehead atoms. The Morgan fingerprint density at radius 2 is 2.38 bits per heavy atom. The highest BCUT2D eigenvalue weighted by atomic mass is 16.7. The van der Waals surface area contributed by atoms with E-state index < -0.39 is 0 Å². The quantitative estimate of drug-likeness (QED) is 0.622. The molecule has 2 aliphatic rings. The summed E-state index contributed by atoms with van der Waals surface area (Å²) in [5.74, 6) is 0. The SMILES string of the molecule is C1CC(=NOCC2CCOCO2)C1. The van der Waals surface area contributed by atoms with Crippen molar-refractivity contribution in [2.75, 3.05) is 20.0 Å². The molecule has 13 heavy (non-hydrogen) atoms. The normalized spacial score (nSPS) is 28.0. The van der Waals surface area contributed by atoms with Gasteiger partial charge in [-0.25, -0.2) is 0 Å². The van der Waals surface area contributed by atoms with Crippen LogP contribution in [-0.4, -0.2) is 31.8 Å². The Morgan fingerprint density at radius 3 is 3.00 bits per heavy atom. The van der Waals surface area contributed by atoms with E-state index in [-0.39, 0.29) is 6.10 Å². The van der Waals surface area contributed by atoms with Crippen LogP contribution in [0.5, 0.6) is 0 Å². The number of hydrogen-bond donors (Lipinski definition) is 0. The van der Waals surface area contributed by atoms with Gasteiger partial charge in [0.15, 0.2) is 0 Å². The molecule has 2 rings (SSSR count). The predicted molar refractivity (Wildman–Crippen MR) is 47.5 cm³/mol. The van der Waals surface area contributed by atoms with Gasteiger partial charge in [-0.05, 0) is 19.3 Å². The Bertz CT molecular complexity index is 181. The van der Waals surface area contributed by atoms with E-state index in [2.05, 4.69) is 5.16 Å². The molecular formula is C9H15NO3. The number of ether oxygens (including phenoxy) is 2. The van der Waals surface area contributed by atoms with Gasteiger partial charge in [-0.3, -0.25) is 0 Å². The first-order chi connectivity index (χ1) is 6.45. The molecule has 1 aliphatic heterocycles. The summed E-state index contributed by atoms with van der Waals surface area (Å²) < 4.78 is 10.3. The zero-order valence-corrected chi connectivity index (χ0v) is 7.70. The van der Waals surface area contributed by atoms with E-state index in [0.29, 0.717) is 13.4 Å². The van der Waals surface area contributed by atoms with E-state index in [4.69, 9.17) is 14.3 Å². The predicted octanol–water partition coefficient (Wildman–Crippen LogP) is 1.31. The average molecular weight is 185 g/mol. The van der Waals surface area contributed by atoms with Crippen molar-refractivity contribution in [3.63, 3.8) is 0 Å². The minimum absolute atomic E-state index is 0.165. The van der Waals surface area contributed by atoms with Crippen LogP contribution >= 0.6 is 0 Å². The lowest BCUT2D eigenvalue weighted by atomic mass is 9.98. The average Bonchev–Trinajstić information content (AvgIpc) is 2.11. The topological polar surface area (TPSA) is 40.0 Å². The van der Waals surface area contributed by atoms with Crippen LogP contribution in [0, 0.1) is 0 Å². The first kappa shape index (κ1) is 8.97. The van der Waals surface area contributed by atoms with Crippen LogP contribution in [0.25, 0.3) is 0 Å². The Morgan fingerprint density at radius 1 is 1.46 bits per heavy atom. The Kier molecular flexibility index (Phi) is 3.16. The highest BCUT2D eigenvalue weighted by Crippen LogP contribution is 2.15. The van der Waals surface area contributed by atoms with Crippen molar-refractivity contribution in [2.45, 2.75) is 31.8 Å². The molecule has 74 valence electrons. The molecule has 0 spiro atoms. The largest absolute Gasteiger partial charge is 0.393 e. The van der Waals surface area contributed by atoms with Crippen molar-refractivity contribution in [1.29, 1.82) is 0 Å². The van der Waals surface area contributed by atoms with Crippen molar-refractivity contribution >= 4 is 5.71 Å². The molecule has 0 aromatic carbocycles. The number of nitrogens with zero attached hydrogens (tertiary/aromatic N) is 1. The second-order valence-electron chi connectivity index (χ2n) is 3.41. The van der Waals surface area contributed by atoms with Crippen molar-refractivity contribution < 1.29 is 14.3 Å². The lowest BCUT2D eigenvalue weighted by molar-refractivity contribution is -0.156. The first-order valence-electron chi connectivity index (χ1n) is 4.82. The highest BCUT2D eigenvalue weighted by Gasteiger charge is 2.15. The van der Waals surface area contributed by atoms with Crippen molar-refractivity contribution in [3.8, 4) is 0 Å². The Hall–Kier alpha value is -0.610. The molecule has 1 atom stereocenters. The van der Waals surface area contributed by atoms with Gasteiger partial charge in [0.05, 0.1) is 18.4 Å². The lowest BCUT2D eigenvalue weighted by Crippen LogP contribution is -2.27. The van der Waals surface area contributed by atoms with Gasteiger partial charge >= 0.3 is 0 Å². The van der Waals surface area contributed by atoms with Crippen LogP contribution in [0.15, 0.2) is 5.16 Å².